The van der Waals surface area contributed by atoms with Crippen LogP contribution in [0.4, 0.5) is 0 Å². The fraction of sp³-hybridized carbons (Fsp3) is 0.571. The highest BCUT2D eigenvalue weighted by atomic mass is 16.4. The monoisotopic (exact) mass is 280 g/mol. The molecule has 0 saturated carbocycles. The van der Waals surface area contributed by atoms with Crippen molar-refractivity contribution in [3.05, 3.63) is 23.2 Å². The number of furan rings is 1. The number of rotatable bonds is 4. The number of amides is 1. The van der Waals surface area contributed by atoms with Crippen LogP contribution in [0.1, 0.15) is 34.7 Å². The minimum absolute atomic E-state index is 0.0141. The van der Waals surface area contributed by atoms with Crippen LogP contribution in [0, 0.1) is 12.8 Å². The second-order valence-corrected chi connectivity index (χ2v) is 5.19. The van der Waals surface area contributed by atoms with Crippen molar-refractivity contribution >= 4 is 11.9 Å². The maximum absolute atomic E-state index is 11.5. The molecule has 6 heteroatoms. The van der Waals surface area contributed by atoms with Crippen LogP contribution in [-0.2, 0) is 11.3 Å². The smallest absolute Gasteiger partial charge is 0.372 e. The number of nitrogens with one attached hydrogen (secondary N) is 1. The summed E-state index contributed by atoms with van der Waals surface area (Å²) in [6.45, 7) is 3.96. The number of carboxylic acid groups (broad SMARTS) is 1. The van der Waals surface area contributed by atoms with Crippen LogP contribution in [0.25, 0.3) is 0 Å². The van der Waals surface area contributed by atoms with E-state index < -0.39 is 5.97 Å². The summed E-state index contributed by atoms with van der Waals surface area (Å²) in [6.07, 6.45) is 1.65. The first-order chi connectivity index (χ1) is 9.51. The van der Waals surface area contributed by atoms with Gasteiger partial charge in [0.05, 0.1) is 6.54 Å². The highest BCUT2D eigenvalue weighted by molar-refractivity contribution is 5.86. The highest BCUT2D eigenvalue weighted by Crippen LogP contribution is 2.21. The topological polar surface area (TPSA) is 82.8 Å². The molecule has 1 amide bonds. The van der Waals surface area contributed by atoms with E-state index in [0.29, 0.717) is 17.9 Å². The van der Waals surface area contributed by atoms with Gasteiger partial charge >= 0.3 is 5.97 Å². The van der Waals surface area contributed by atoms with Crippen LogP contribution in [0.3, 0.4) is 0 Å². The normalized spacial score (nSPS) is 17.1. The second kappa shape index (κ2) is 6.09. The van der Waals surface area contributed by atoms with Crippen molar-refractivity contribution in [2.45, 2.75) is 26.3 Å². The average Bonchev–Trinajstić information content (AvgIpc) is 2.79. The molecule has 1 aromatic heterocycles. The lowest BCUT2D eigenvalue weighted by Crippen LogP contribution is -2.39. The summed E-state index contributed by atoms with van der Waals surface area (Å²) in [6, 6.07) is 1.77. The minimum Gasteiger partial charge on any atom is -0.475 e. The van der Waals surface area contributed by atoms with Crippen LogP contribution in [0.5, 0.6) is 0 Å². The quantitative estimate of drug-likeness (QED) is 0.867. The lowest BCUT2D eigenvalue weighted by Gasteiger charge is -2.30. The van der Waals surface area contributed by atoms with Crippen LogP contribution >= 0.6 is 0 Å². The number of hydrogen-bond acceptors (Lipinski definition) is 4. The number of carbonyl (C=O) groups excluding carboxylic acids is 1. The van der Waals surface area contributed by atoms with Gasteiger partial charge in [-0.1, -0.05) is 0 Å². The van der Waals surface area contributed by atoms with Gasteiger partial charge in [0.2, 0.25) is 11.7 Å². The third-order valence-corrected chi connectivity index (χ3v) is 3.75. The molecular formula is C14H20N2O4. The van der Waals surface area contributed by atoms with Gasteiger partial charge < -0.3 is 14.8 Å². The van der Waals surface area contributed by atoms with Crippen LogP contribution in [-0.4, -0.2) is 42.0 Å². The lowest BCUT2D eigenvalue weighted by atomic mass is 9.96. The number of carboxylic acids is 1. The molecule has 1 fully saturated rings. The molecule has 2 rings (SSSR count). The van der Waals surface area contributed by atoms with E-state index >= 15 is 0 Å². The van der Waals surface area contributed by atoms with E-state index in [2.05, 4.69) is 10.2 Å². The van der Waals surface area contributed by atoms with E-state index in [1.807, 2.05) is 0 Å². The Hall–Kier alpha value is -1.82. The Kier molecular flexibility index (Phi) is 4.44. The average molecular weight is 280 g/mol. The Bertz CT molecular complexity index is 501. The number of likely N-dealkylation sites (tertiary alicyclic amines) is 1. The van der Waals surface area contributed by atoms with Crippen molar-refractivity contribution in [3.63, 3.8) is 0 Å². The van der Waals surface area contributed by atoms with Crippen molar-refractivity contribution in [2.24, 2.45) is 5.92 Å². The summed E-state index contributed by atoms with van der Waals surface area (Å²) < 4.78 is 5.35. The molecule has 0 atom stereocenters. The molecule has 0 unspecified atom stereocenters. The van der Waals surface area contributed by atoms with E-state index in [1.165, 1.54) is 0 Å². The van der Waals surface area contributed by atoms with Gasteiger partial charge in [-0.25, -0.2) is 4.79 Å². The first-order valence-electron chi connectivity index (χ1n) is 6.77. The Morgan fingerprint density at radius 3 is 2.60 bits per heavy atom. The van der Waals surface area contributed by atoms with Crippen molar-refractivity contribution in [1.82, 2.24) is 10.2 Å². The first-order valence-corrected chi connectivity index (χ1v) is 6.77. The molecule has 0 bridgehead atoms. The summed E-state index contributed by atoms with van der Waals surface area (Å²) in [7, 11) is 1.66. The zero-order valence-corrected chi connectivity index (χ0v) is 11.8. The summed E-state index contributed by atoms with van der Waals surface area (Å²) in [5, 5.41) is 11.6. The molecule has 1 aliphatic heterocycles. The molecule has 1 aromatic rings. The number of aromatic carboxylic acids is 1. The van der Waals surface area contributed by atoms with E-state index in [0.717, 1.165) is 25.9 Å². The number of hydrogen-bond donors (Lipinski definition) is 2. The second-order valence-electron chi connectivity index (χ2n) is 5.19. The molecule has 0 aromatic carbocycles. The van der Waals surface area contributed by atoms with Gasteiger partial charge in [0.25, 0.3) is 0 Å². The number of aryl methyl sites for hydroxylation is 1. The van der Waals surface area contributed by atoms with Crippen LogP contribution in [0.15, 0.2) is 10.5 Å². The van der Waals surface area contributed by atoms with Gasteiger partial charge in [0.15, 0.2) is 0 Å². The van der Waals surface area contributed by atoms with Gasteiger partial charge in [-0.05, 0) is 38.9 Å². The fourth-order valence-electron chi connectivity index (χ4n) is 2.62. The Morgan fingerprint density at radius 2 is 2.10 bits per heavy atom. The number of piperidine rings is 1. The molecule has 0 spiro atoms. The van der Waals surface area contributed by atoms with Gasteiger partial charge in [0.1, 0.15) is 5.76 Å². The maximum atomic E-state index is 11.5. The molecule has 0 aliphatic carbocycles. The molecule has 2 heterocycles. The minimum atomic E-state index is -1.04. The van der Waals surface area contributed by atoms with Crippen LogP contribution in [0.2, 0.25) is 0 Å². The SMILES string of the molecule is CNC(=O)C1CCN(Cc2cc(C)c(C(=O)O)o2)CC1. The third-order valence-electron chi connectivity index (χ3n) is 3.75. The summed E-state index contributed by atoms with van der Waals surface area (Å²) in [5.41, 5.74) is 0.646. The van der Waals surface area contributed by atoms with Crippen molar-refractivity contribution in [3.8, 4) is 0 Å². The Labute approximate surface area is 117 Å². The van der Waals surface area contributed by atoms with Crippen LogP contribution < -0.4 is 5.32 Å². The van der Waals surface area contributed by atoms with Crippen molar-refractivity contribution in [2.75, 3.05) is 20.1 Å². The summed E-state index contributed by atoms with van der Waals surface area (Å²) in [5.74, 6) is -0.165. The first kappa shape index (κ1) is 14.6. The highest BCUT2D eigenvalue weighted by Gasteiger charge is 2.25. The predicted octanol–water partition coefficient (Wildman–Crippen LogP) is 1.24. The molecule has 1 saturated heterocycles. The largest absolute Gasteiger partial charge is 0.475 e. The van der Waals surface area contributed by atoms with E-state index in [9.17, 15) is 9.59 Å². The molecule has 6 nitrogen and oxygen atoms in total. The third kappa shape index (κ3) is 3.19. The van der Waals surface area contributed by atoms with Gasteiger partial charge in [-0.3, -0.25) is 9.69 Å². The van der Waals surface area contributed by atoms with E-state index in [1.54, 1.807) is 20.0 Å². The van der Waals surface area contributed by atoms with E-state index in [-0.39, 0.29) is 17.6 Å². The maximum Gasteiger partial charge on any atom is 0.372 e. The van der Waals surface area contributed by atoms with Gasteiger partial charge in [-0.15, -0.1) is 0 Å². The van der Waals surface area contributed by atoms with Gasteiger partial charge in [0, 0.05) is 18.5 Å². The van der Waals surface area contributed by atoms with Crippen molar-refractivity contribution in [1.29, 1.82) is 0 Å². The zero-order chi connectivity index (χ0) is 14.7. The molecule has 1 aliphatic rings. The zero-order valence-electron chi connectivity index (χ0n) is 11.8. The lowest BCUT2D eigenvalue weighted by molar-refractivity contribution is -0.125. The molecule has 2 N–H and O–H groups in total. The standard InChI is InChI=1S/C14H20N2O4/c1-9-7-11(20-12(9)14(18)19)8-16-5-3-10(4-6-16)13(17)15-2/h7,10H,3-6,8H2,1-2H3,(H,15,17)(H,18,19). The fourth-order valence-corrected chi connectivity index (χ4v) is 2.62. The Balaban J connectivity index is 1.91. The summed E-state index contributed by atoms with van der Waals surface area (Å²) in [4.78, 5) is 24.7. The molecule has 0 radical (unpaired) electrons. The molecule has 20 heavy (non-hydrogen) atoms. The predicted molar refractivity (Wildman–Crippen MR) is 72.5 cm³/mol. The Morgan fingerprint density at radius 1 is 1.45 bits per heavy atom. The van der Waals surface area contributed by atoms with Gasteiger partial charge in [-0.2, -0.15) is 0 Å². The molecule has 110 valence electrons. The summed E-state index contributed by atoms with van der Waals surface area (Å²) >= 11 is 0. The molecular weight excluding hydrogens is 260 g/mol. The number of nitrogens with zero attached hydrogens (tertiary/aromatic N) is 1. The number of carbonyl (C=O) groups is 2. The van der Waals surface area contributed by atoms with E-state index in [4.69, 9.17) is 9.52 Å². The van der Waals surface area contributed by atoms with Crippen molar-refractivity contribution < 1.29 is 19.1 Å².